The van der Waals surface area contributed by atoms with Gasteiger partial charge in [0.05, 0.1) is 33.0 Å². The molecule has 0 spiro atoms. The highest BCUT2D eigenvalue weighted by Crippen LogP contribution is 2.35. The van der Waals surface area contributed by atoms with Crippen LogP contribution in [0.2, 0.25) is 18.1 Å². The van der Waals surface area contributed by atoms with E-state index in [1.807, 2.05) is 6.07 Å². The second-order valence-corrected chi connectivity index (χ2v) is 19.8. The number of aromatic nitrogens is 3. The maximum atomic E-state index is 10.1. The summed E-state index contributed by atoms with van der Waals surface area (Å²) in [5, 5.41) is 39.5. The Labute approximate surface area is 337 Å². The quantitative estimate of drug-likeness (QED) is 0.0735. The topological polar surface area (TPSA) is 166 Å². The van der Waals surface area contributed by atoms with E-state index in [9.17, 15) is 20.4 Å². The molecule has 0 amide bonds. The maximum Gasteiger partial charge on any atom is 0.214 e. The van der Waals surface area contributed by atoms with Gasteiger partial charge in [0.2, 0.25) is 5.88 Å². The van der Waals surface area contributed by atoms with Crippen molar-refractivity contribution < 1.29 is 44.1 Å². The van der Waals surface area contributed by atoms with Crippen LogP contribution in [0.3, 0.4) is 0 Å². The van der Waals surface area contributed by atoms with Crippen molar-refractivity contribution in [2.24, 2.45) is 0 Å². The molecule has 0 aliphatic carbocycles. The molecule has 1 aliphatic rings. The molecule has 3 aromatic rings. The lowest BCUT2D eigenvalue weighted by molar-refractivity contribution is -0.301. The van der Waals surface area contributed by atoms with E-state index in [2.05, 4.69) is 92.1 Å². The third-order valence-corrected chi connectivity index (χ3v) is 13.7. The summed E-state index contributed by atoms with van der Waals surface area (Å²) < 4.78 is 28.6. The molecule has 0 radical (unpaired) electrons. The molecular formula is C44H53N3O9Si. The fraction of sp³-hybridized carbons (Fsp3) is 0.432. The first-order valence-corrected chi connectivity index (χ1v) is 21.8. The van der Waals surface area contributed by atoms with E-state index in [1.54, 1.807) is 48.6 Å². The van der Waals surface area contributed by atoms with Gasteiger partial charge in [-0.25, -0.2) is 15.0 Å². The minimum Gasteiger partial charge on any atom is -0.493 e. The first-order valence-electron chi connectivity index (χ1n) is 18.8. The fourth-order valence-corrected chi connectivity index (χ4v) is 5.64. The van der Waals surface area contributed by atoms with E-state index in [1.165, 1.54) is 0 Å². The van der Waals surface area contributed by atoms with Crippen LogP contribution in [-0.2, 0) is 9.47 Å². The van der Waals surface area contributed by atoms with E-state index in [0.29, 0.717) is 78.3 Å². The summed E-state index contributed by atoms with van der Waals surface area (Å²) >= 11 is 0. The van der Waals surface area contributed by atoms with Gasteiger partial charge in [0.1, 0.15) is 72.5 Å². The number of nitrogens with zero attached hydrogens (tertiary/aromatic N) is 3. The first-order chi connectivity index (χ1) is 27.2. The molecule has 57 heavy (non-hydrogen) atoms. The molecule has 302 valence electrons. The molecule has 0 saturated carbocycles. The normalized spacial score (nSPS) is 19.1. The van der Waals surface area contributed by atoms with Gasteiger partial charge < -0.3 is 44.1 Å². The molecule has 1 fully saturated rings. The summed E-state index contributed by atoms with van der Waals surface area (Å²) in [4.78, 5) is 13.9. The predicted molar refractivity (Wildman–Crippen MR) is 219 cm³/mol. The third-order valence-electron chi connectivity index (χ3n) is 9.19. The SMILES string of the molecule is C=CCCOc1cc(C#Cc2cc(OCCC=C)cc(C#C[Si](C)(C)C(C)(C)C)n2)nc(C#Cc2cccc(OCCCO[C@H]3O[C@H](CO)[C@@H](O)[C@H](O)[C@@H]3O)n2)c1. The van der Waals surface area contributed by atoms with Crippen molar-refractivity contribution in [3.8, 4) is 52.5 Å². The zero-order chi connectivity index (χ0) is 41.4. The molecular weight excluding hydrogens is 743 g/mol. The van der Waals surface area contributed by atoms with Crippen molar-refractivity contribution in [2.45, 2.75) is 88.9 Å². The average Bonchev–Trinajstić information content (AvgIpc) is 3.18. The molecule has 4 heterocycles. The Balaban J connectivity index is 1.50. The molecule has 12 nitrogen and oxygen atoms in total. The van der Waals surface area contributed by atoms with E-state index in [4.69, 9.17) is 28.7 Å². The lowest BCUT2D eigenvalue weighted by Crippen LogP contribution is -2.59. The maximum absolute atomic E-state index is 10.1. The summed E-state index contributed by atoms with van der Waals surface area (Å²) in [6, 6.07) is 12.3. The van der Waals surface area contributed by atoms with Crippen LogP contribution >= 0.6 is 0 Å². The van der Waals surface area contributed by atoms with E-state index < -0.39 is 45.4 Å². The lowest BCUT2D eigenvalue weighted by Gasteiger charge is -2.39. The second kappa shape index (κ2) is 21.5. The smallest absolute Gasteiger partial charge is 0.214 e. The third kappa shape index (κ3) is 13.9. The van der Waals surface area contributed by atoms with Crippen molar-refractivity contribution in [1.29, 1.82) is 0 Å². The summed E-state index contributed by atoms with van der Waals surface area (Å²) in [6.07, 6.45) is -1.35. The number of hydrogen-bond donors (Lipinski definition) is 4. The molecule has 4 N–H and O–H groups in total. The molecule has 13 heteroatoms. The van der Waals surface area contributed by atoms with Crippen LogP contribution in [0, 0.1) is 35.1 Å². The highest BCUT2D eigenvalue weighted by molar-refractivity contribution is 6.87. The van der Waals surface area contributed by atoms with Crippen LogP contribution in [0.4, 0.5) is 0 Å². The number of pyridine rings is 3. The van der Waals surface area contributed by atoms with Gasteiger partial charge in [0.25, 0.3) is 0 Å². The Morgan fingerprint density at radius 1 is 0.719 bits per heavy atom. The van der Waals surface area contributed by atoms with Gasteiger partial charge in [-0.05, 0) is 47.6 Å². The van der Waals surface area contributed by atoms with Crippen LogP contribution in [-0.4, -0.2) is 107 Å². The fourth-order valence-electron chi connectivity index (χ4n) is 4.82. The molecule has 0 bridgehead atoms. The highest BCUT2D eigenvalue weighted by atomic mass is 28.3. The van der Waals surface area contributed by atoms with Gasteiger partial charge in [-0.2, -0.15) is 0 Å². The molecule has 4 rings (SSSR count). The van der Waals surface area contributed by atoms with Gasteiger partial charge >= 0.3 is 0 Å². The van der Waals surface area contributed by atoms with Gasteiger partial charge in [0.15, 0.2) is 6.29 Å². The molecule has 5 atom stereocenters. The molecule has 3 aromatic heterocycles. The Morgan fingerprint density at radius 2 is 1.26 bits per heavy atom. The minimum atomic E-state index is -1.89. The van der Waals surface area contributed by atoms with Crippen LogP contribution in [0.1, 0.15) is 68.5 Å². The zero-order valence-electron chi connectivity index (χ0n) is 33.3. The zero-order valence-corrected chi connectivity index (χ0v) is 34.3. The Morgan fingerprint density at radius 3 is 1.79 bits per heavy atom. The molecule has 1 saturated heterocycles. The Kier molecular flexibility index (Phi) is 16.9. The number of aliphatic hydroxyl groups excluding tert-OH is 4. The largest absolute Gasteiger partial charge is 0.493 e. The number of rotatable bonds is 15. The van der Waals surface area contributed by atoms with Crippen molar-refractivity contribution >= 4 is 8.07 Å². The van der Waals surface area contributed by atoms with Crippen LogP contribution in [0.5, 0.6) is 17.4 Å². The highest BCUT2D eigenvalue weighted by Gasteiger charge is 2.44. The van der Waals surface area contributed by atoms with Crippen molar-refractivity contribution in [3.63, 3.8) is 0 Å². The van der Waals surface area contributed by atoms with E-state index >= 15 is 0 Å². The van der Waals surface area contributed by atoms with Gasteiger partial charge in [-0.3, -0.25) is 0 Å². The predicted octanol–water partition coefficient (Wildman–Crippen LogP) is 4.57. The molecule has 1 aliphatic heterocycles. The van der Waals surface area contributed by atoms with Gasteiger partial charge in [0, 0.05) is 36.8 Å². The summed E-state index contributed by atoms with van der Waals surface area (Å²) in [6.45, 7) is 19.4. The van der Waals surface area contributed by atoms with Crippen molar-refractivity contribution in [1.82, 2.24) is 15.0 Å². The standard InChI is InChI=1S/C44H53N3O9Si/c1-8-10-21-52-36-26-32(17-16-31-14-12-15-39(47-31)54-23-13-24-55-43-42(51)41(50)40(49)38(30-48)56-43)45-33(27-36)18-19-34-28-37(53-22-11-9-2)29-35(46-34)20-25-57(6,7)44(3,4)5/h8-9,12,14-15,26-29,38,40-43,48-51H,1-2,10-11,13,21-24,30H2,3-7H3/t38-,40-,41+,42+,43+/m1/s1. The monoisotopic (exact) mass is 795 g/mol. The first kappa shape index (κ1) is 44.7. The van der Waals surface area contributed by atoms with Gasteiger partial charge in [-0.15, -0.1) is 18.7 Å². The van der Waals surface area contributed by atoms with E-state index in [0.717, 1.165) is 0 Å². The summed E-state index contributed by atoms with van der Waals surface area (Å²) in [7, 11) is -1.89. The summed E-state index contributed by atoms with van der Waals surface area (Å²) in [5.74, 6) is 17.2. The Bertz CT molecular complexity index is 2010. The van der Waals surface area contributed by atoms with Crippen LogP contribution < -0.4 is 14.2 Å². The van der Waals surface area contributed by atoms with Crippen LogP contribution in [0.15, 0.2) is 67.8 Å². The molecule has 0 aromatic carbocycles. The average molecular weight is 796 g/mol. The minimum absolute atomic E-state index is 0.0962. The summed E-state index contributed by atoms with van der Waals surface area (Å²) in [5.41, 5.74) is 5.89. The van der Waals surface area contributed by atoms with Crippen LogP contribution in [0.25, 0.3) is 0 Å². The second-order valence-electron chi connectivity index (χ2n) is 14.8. The van der Waals surface area contributed by atoms with E-state index in [-0.39, 0.29) is 18.3 Å². The van der Waals surface area contributed by atoms with Crippen molar-refractivity contribution in [2.75, 3.05) is 33.0 Å². The van der Waals surface area contributed by atoms with Gasteiger partial charge in [-0.1, -0.05) is 58.0 Å². The van der Waals surface area contributed by atoms with Crippen molar-refractivity contribution in [3.05, 3.63) is 96.2 Å². The lowest BCUT2D eigenvalue weighted by atomic mass is 9.99. The number of aliphatic hydroxyl groups is 4. The molecule has 0 unspecified atom stereocenters. The Hall–Kier alpha value is -5.01. The number of hydrogen-bond acceptors (Lipinski definition) is 12. The number of ether oxygens (including phenoxy) is 5.